The van der Waals surface area contributed by atoms with Crippen molar-refractivity contribution in [2.75, 3.05) is 33.4 Å². The van der Waals surface area contributed by atoms with Crippen LogP contribution < -0.4 is 11.1 Å². The van der Waals surface area contributed by atoms with Crippen molar-refractivity contribution in [3.63, 3.8) is 0 Å². The summed E-state index contributed by atoms with van der Waals surface area (Å²) in [4.78, 5) is 15.3. The predicted molar refractivity (Wildman–Crippen MR) is 109 cm³/mol. The summed E-state index contributed by atoms with van der Waals surface area (Å²) in [6.07, 6.45) is 7.31. The van der Waals surface area contributed by atoms with E-state index in [1.807, 2.05) is 24.3 Å². The average molecular weight is 374 g/mol. The second kappa shape index (κ2) is 10.2. The van der Waals surface area contributed by atoms with Crippen molar-refractivity contribution < 1.29 is 9.53 Å². The van der Waals surface area contributed by atoms with Crippen LogP contribution in [0.3, 0.4) is 0 Å². The molecule has 150 valence electrons. The topological polar surface area (TPSA) is 67.6 Å². The van der Waals surface area contributed by atoms with Crippen LogP contribution in [-0.4, -0.2) is 50.2 Å². The van der Waals surface area contributed by atoms with Crippen LogP contribution in [-0.2, 0) is 11.3 Å². The highest BCUT2D eigenvalue weighted by Gasteiger charge is 2.30. The number of benzene rings is 1. The van der Waals surface area contributed by atoms with Crippen LogP contribution >= 0.6 is 0 Å². The standard InChI is InChI=1S/C22H35N3O2/c1-27-16-18-5-4-12-25(14-18)15-20-6-2-3-7-21(20)24-22(26)19-10-8-17(13-23)9-11-19/h8-11,18,20-21H,2-7,12-16,23H2,1H3,(H,24,26)/t18-,20-,21?/m1/s1. The first-order chi connectivity index (χ1) is 13.2. The van der Waals surface area contributed by atoms with Crippen molar-refractivity contribution in [2.45, 2.75) is 51.1 Å². The molecule has 0 spiro atoms. The highest BCUT2D eigenvalue weighted by molar-refractivity contribution is 5.94. The third kappa shape index (κ3) is 5.77. The Morgan fingerprint density at radius 3 is 2.70 bits per heavy atom. The zero-order valence-corrected chi connectivity index (χ0v) is 16.7. The van der Waals surface area contributed by atoms with Crippen molar-refractivity contribution in [3.8, 4) is 0 Å². The Labute approximate surface area is 163 Å². The van der Waals surface area contributed by atoms with E-state index in [9.17, 15) is 4.79 Å². The molecule has 3 atom stereocenters. The van der Waals surface area contributed by atoms with Crippen LogP contribution in [0, 0.1) is 11.8 Å². The Morgan fingerprint density at radius 1 is 1.19 bits per heavy atom. The van der Waals surface area contributed by atoms with Crippen molar-refractivity contribution in [1.29, 1.82) is 0 Å². The van der Waals surface area contributed by atoms with Gasteiger partial charge in [-0.25, -0.2) is 0 Å². The van der Waals surface area contributed by atoms with Gasteiger partial charge < -0.3 is 20.7 Å². The van der Waals surface area contributed by atoms with E-state index in [1.54, 1.807) is 7.11 Å². The molecule has 1 unspecified atom stereocenters. The van der Waals surface area contributed by atoms with Gasteiger partial charge in [-0.05, 0) is 61.8 Å². The predicted octanol–water partition coefficient (Wildman–Crippen LogP) is 2.79. The summed E-state index contributed by atoms with van der Waals surface area (Å²) in [6, 6.07) is 7.93. The van der Waals surface area contributed by atoms with E-state index in [4.69, 9.17) is 10.5 Å². The summed E-state index contributed by atoms with van der Waals surface area (Å²) >= 11 is 0. The van der Waals surface area contributed by atoms with Crippen LogP contribution in [0.4, 0.5) is 0 Å². The zero-order chi connectivity index (χ0) is 19.1. The molecule has 2 fully saturated rings. The van der Waals surface area contributed by atoms with Crippen molar-refractivity contribution in [2.24, 2.45) is 17.6 Å². The monoisotopic (exact) mass is 373 g/mol. The van der Waals surface area contributed by atoms with Crippen LogP contribution in [0.15, 0.2) is 24.3 Å². The van der Waals surface area contributed by atoms with Crippen LogP contribution in [0.5, 0.6) is 0 Å². The van der Waals surface area contributed by atoms with Gasteiger partial charge in [-0.3, -0.25) is 4.79 Å². The van der Waals surface area contributed by atoms with E-state index < -0.39 is 0 Å². The maximum absolute atomic E-state index is 12.7. The summed E-state index contributed by atoms with van der Waals surface area (Å²) in [6.45, 7) is 4.77. The molecule has 1 heterocycles. The Morgan fingerprint density at radius 2 is 1.96 bits per heavy atom. The molecule has 1 aliphatic carbocycles. The number of amides is 1. The lowest BCUT2D eigenvalue weighted by Crippen LogP contribution is -2.48. The minimum Gasteiger partial charge on any atom is -0.384 e. The van der Waals surface area contributed by atoms with E-state index in [0.717, 1.165) is 37.2 Å². The molecule has 5 nitrogen and oxygen atoms in total. The van der Waals surface area contributed by atoms with Gasteiger partial charge in [-0.2, -0.15) is 0 Å². The molecular formula is C22H35N3O2. The third-order valence-electron chi connectivity index (χ3n) is 6.18. The van der Waals surface area contributed by atoms with Crippen LogP contribution in [0.2, 0.25) is 0 Å². The Hall–Kier alpha value is -1.43. The quantitative estimate of drug-likeness (QED) is 0.771. The molecule has 1 saturated heterocycles. The van der Waals surface area contributed by atoms with Crippen molar-refractivity contribution in [1.82, 2.24) is 10.2 Å². The maximum Gasteiger partial charge on any atom is 0.251 e. The highest BCUT2D eigenvalue weighted by atomic mass is 16.5. The van der Waals surface area contributed by atoms with Gasteiger partial charge in [0.05, 0.1) is 6.61 Å². The fourth-order valence-corrected chi connectivity index (χ4v) is 4.68. The molecule has 1 amide bonds. The second-order valence-corrected chi connectivity index (χ2v) is 8.25. The molecule has 1 aromatic carbocycles. The van der Waals surface area contributed by atoms with Gasteiger partial charge in [0.2, 0.25) is 0 Å². The average Bonchev–Trinajstić information content (AvgIpc) is 2.70. The molecule has 1 aliphatic heterocycles. The maximum atomic E-state index is 12.7. The van der Waals surface area contributed by atoms with E-state index in [-0.39, 0.29) is 11.9 Å². The summed E-state index contributed by atoms with van der Waals surface area (Å²) in [5, 5.41) is 3.33. The molecule has 27 heavy (non-hydrogen) atoms. The number of methoxy groups -OCH3 is 1. The first-order valence-electron chi connectivity index (χ1n) is 10.5. The van der Waals surface area contributed by atoms with Crippen LogP contribution in [0.1, 0.15) is 54.4 Å². The number of hydrogen-bond donors (Lipinski definition) is 2. The summed E-state index contributed by atoms with van der Waals surface area (Å²) in [5.74, 6) is 1.25. The number of carbonyl (C=O) groups excluding carboxylic acids is 1. The fourth-order valence-electron chi connectivity index (χ4n) is 4.68. The number of ether oxygens (including phenoxy) is 1. The third-order valence-corrected chi connectivity index (χ3v) is 6.18. The minimum absolute atomic E-state index is 0.0476. The van der Waals surface area contributed by atoms with E-state index in [2.05, 4.69) is 10.2 Å². The molecule has 3 rings (SSSR count). The Bertz CT molecular complexity index is 588. The number of rotatable bonds is 7. The van der Waals surface area contributed by atoms with E-state index in [0.29, 0.717) is 18.4 Å². The van der Waals surface area contributed by atoms with Gasteiger partial charge >= 0.3 is 0 Å². The molecule has 3 N–H and O–H groups in total. The lowest BCUT2D eigenvalue weighted by molar-refractivity contribution is 0.0697. The summed E-state index contributed by atoms with van der Waals surface area (Å²) < 4.78 is 5.37. The SMILES string of the molecule is COC[C@@H]1CCCN(C[C@H]2CCCCC2NC(=O)c2ccc(CN)cc2)C1. The largest absolute Gasteiger partial charge is 0.384 e. The van der Waals surface area contributed by atoms with Gasteiger partial charge in [-0.15, -0.1) is 0 Å². The number of carbonyl (C=O) groups is 1. The molecule has 1 aromatic rings. The number of piperidine rings is 1. The van der Waals surface area contributed by atoms with Gasteiger partial charge in [-0.1, -0.05) is 25.0 Å². The number of nitrogens with two attached hydrogens (primary N) is 1. The number of nitrogens with zero attached hydrogens (tertiary/aromatic N) is 1. The number of nitrogens with one attached hydrogen (secondary N) is 1. The second-order valence-electron chi connectivity index (χ2n) is 8.25. The normalized spacial score (nSPS) is 26.7. The molecule has 0 bridgehead atoms. The van der Waals surface area contributed by atoms with Crippen molar-refractivity contribution in [3.05, 3.63) is 35.4 Å². The molecule has 0 radical (unpaired) electrons. The van der Waals surface area contributed by atoms with E-state index in [1.165, 1.54) is 38.6 Å². The summed E-state index contributed by atoms with van der Waals surface area (Å²) in [7, 11) is 1.80. The molecule has 0 aromatic heterocycles. The van der Waals surface area contributed by atoms with Gasteiger partial charge in [0.1, 0.15) is 0 Å². The summed E-state index contributed by atoms with van der Waals surface area (Å²) in [5.41, 5.74) is 7.43. The van der Waals surface area contributed by atoms with Gasteiger partial charge in [0, 0.05) is 38.3 Å². The number of hydrogen-bond acceptors (Lipinski definition) is 4. The fraction of sp³-hybridized carbons (Fsp3) is 0.682. The van der Waals surface area contributed by atoms with Gasteiger partial charge in [0.15, 0.2) is 0 Å². The zero-order valence-electron chi connectivity index (χ0n) is 16.7. The van der Waals surface area contributed by atoms with Crippen molar-refractivity contribution >= 4 is 5.91 Å². The molecule has 2 aliphatic rings. The smallest absolute Gasteiger partial charge is 0.251 e. The lowest BCUT2D eigenvalue weighted by Gasteiger charge is -2.39. The van der Waals surface area contributed by atoms with E-state index >= 15 is 0 Å². The Kier molecular flexibility index (Phi) is 7.68. The molecule has 1 saturated carbocycles. The number of likely N-dealkylation sites (tertiary alicyclic amines) is 1. The van der Waals surface area contributed by atoms with Gasteiger partial charge in [0.25, 0.3) is 5.91 Å². The first kappa shape index (κ1) is 20.3. The van der Waals surface area contributed by atoms with Crippen LogP contribution in [0.25, 0.3) is 0 Å². The lowest BCUT2D eigenvalue weighted by atomic mass is 9.83. The molecular weight excluding hydrogens is 338 g/mol. The first-order valence-corrected chi connectivity index (χ1v) is 10.5. The minimum atomic E-state index is 0.0476. The molecule has 5 heteroatoms. The Balaban J connectivity index is 1.57. The highest BCUT2D eigenvalue weighted by Crippen LogP contribution is 2.27.